The SMILES string of the molecule is CCNC1CCCc2nc(-c3cc(Cl)ccc3Cl)ncc21. The van der Waals surface area contributed by atoms with Gasteiger partial charge >= 0.3 is 0 Å². The highest BCUT2D eigenvalue weighted by Crippen LogP contribution is 2.32. The monoisotopic (exact) mass is 321 g/mol. The summed E-state index contributed by atoms with van der Waals surface area (Å²) in [5.41, 5.74) is 3.12. The predicted octanol–water partition coefficient (Wildman–Crippen LogP) is 4.44. The van der Waals surface area contributed by atoms with Crippen LogP contribution in [0, 0.1) is 0 Å². The topological polar surface area (TPSA) is 37.8 Å². The second kappa shape index (κ2) is 6.30. The summed E-state index contributed by atoms with van der Waals surface area (Å²) in [6, 6.07) is 5.73. The van der Waals surface area contributed by atoms with E-state index >= 15 is 0 Å². The Hall–Kier alpha value is -1.16. The first-order valence-corrected chi connectivity index (χ1v) is 7.99. The molecule has 0 fully saturated rings. The van der Waals surface area contributed by atoms with E-state index in [1.807, 2.05) is 12.3 Å². The lowest BCUT2D eigenvalue weighted by molar-refractivity contribution is 0.464. The van der Waals surface area contributed by atoms with Gasteiger partial charge in [-0.05, 0) is 44.0 Å². The third-order valence-electron chi connectivity index (χ3n) is 3.80. The number of fused-ring (bicyclic) bond motifs is 1. The number of aryl methyl sites for hydroxylation is 1. The quantitative estimate of drug-likeness (QED) is 0.908. The predicted molar refractivity (Wildman–Crippen MR) is 86.8 cm³/mol. The van der Waals surface area contributed by atoms with Crippen LogP contribution in [-0.4, -0.2) is 16.5 Å². The highest BCUT2D eigenvalue weighted by atomic mass is 35.5. The lowest BCUT2D eigenvalue weighted by atomic mass is 9.92. The van der Waals surface area contributed by atoms with Crippen LogP contribution < -0.4 is 5.32 Å². The van der Waals surface area contributed by atoms with Gasteiger partial charge in [0.25, 0.3) is 0 Å². The number of nitrogens with zero attached hydrogens (tertiary/aromatic N) is 2. The Bertz CT molecular complexity index is 658. The molecule has 1 aliphatic rings. The Morgan fingerprint density at radius 3 is 3.00 bits per heavy atom. The third kappa shape index (κ3) is 3.05. The molecule has 0 aliphatic heterocycles. The molecule has 1 N–H and O–H groups in total. The Kier molecular flexibility index (Phi) is 4.43. The number of aromatic nitrogens is 2. The average molecular weight is 322 g/mol. The molecule has 0 saturated heterocycles. The van der Waals surface area contributed by atoms with Gasteiger partial charge in [0.1, 0.15) is 0 Å². The second-order valence-corrected chi connectivity index (χ2v) is 6.07. The minimum absolute atomic E-state index is 0.364. The van der Waals surface area contributed by atoms with Crippen LogP contribution in [0.2, 0.25) is 10.0 Å². The van der Waals surface area contributed by atoms with Gasteiger partial charge in [-0.1, -0.05) is 30.1 Å². The summed E-state index contributed by atoms with van der Waals surface area (Å²) in [6.07, 6.45) is 5.21. The summed E-state index contributed by atoms with van der Waals surface area (Å²) < 4.78 is 0. The number of benzene rings is 1. The van der Waals surface area contributed by atoms with E-state index in [-0.39, 0.29) is 0 Å². The van der Waals surface area contributed by atoms with Crippen LogP contribution in [0.3, 0.4) is 0 Å². The van der Waals surface area contributed by atoms with Gasteiger partial charge in [0.05, 0.1) is 5.02 Å². The van der Waals surface area contributed by atoms with Gasteiger partial charge in [0.15, 0.2) is 5.82 Å². The molecule has 1 aromatic carbocycles. The zero-order chi connectivity index (χ0) is 14.8. The van der Waals surface area contributed by atoms with Crippen molar-refractivity contribution in [2.24, 2.45) is 0 Å². The smallest absolute Gasteiger partial charge is 0.160 e. The molecule has 3 rings (SSSR count). The number of hydrogen-bond acceptors (Lipinski definition) is 3. The highest BCUT2D eigenvalue weighted by molar-refractivity contribution is 6.35. The van der Waals surface area contributed by atoms with Gasteiger partial charge in [-0.25, -0.2) is 9.97 Å². The molecule has 1 aromatic heterocycles. The van der Waals surface area contributed by atoms with E-state index in [2.05, 4.69) is 17.2 Å². The molecule has 0 bridgehead atoms. The van der Waals surface area contributed by atoms with Crippen LogP contribution in [0.25, 0.3) is 11.4 Å². The fraction of sp³-hybridized carbons (Fsp3) is 0.375. The summed E-state index contributed by atoms with van der Waals surface area (Å²) in [4.78, 5) is 9.23. The molecule has 2 aromatic rings. The molecule has 1 unspecified atom stereocenters. The van der Waals surface area contributed by atoms with Gasteiger partial charge < -0.3 is 5.32 Å². The summed E-state index contributed by atoms with van der Waals surface area (Å²) in [5, 5.41) is 4.76. The average Bonchev–Trinajstić information content (AvgIpc) is 2.50. The van der Waals surface area contributed by atoms with E-state index in [4.69, 9.17) is 28.2 Å². The fourth-order valence-corrected chi connectivity index (χ4v) is 3.18. The van der Waals surface area contributed by atoms with Crippen molar-refractivity contribution in [2.45, 2.75) is 32.2 Å². The van der Waals surface area contributed by atoms with Gasteiger partial charge in [0.2, 0.25) is 0 Å². The van der Waals surface area contributed by atoms with Crippen molar-refractivity contribution in [1.82, 2.24) is 15.3 Å². The third-order valence-corrected chi connectivity index (χ3v) is 4.37. The fourth-order valence-electron chi connectivity index (χ4n) is 2.80. The van der Waals surface area contributed by atoms with Crippen LogP contribution >= 0.6 is 23.2 Å². The van der Waals surface area contributed by atoms with E-state index in [9.17, 15) is 0 Å². The van der Waals surface area contributed by atoms with Crippen LogP contribution in [0.5, 0.6) is 0 Å². The number of rotatable bonds is 3. The molecule has 0 saturated carbocycles. The van der Waals surface area contributed by atoms with E-state index < -0.39 is 0 Å². The summed E-state index contributed by atoms with van der Waals surface area (Å²) in [5.74, 6) is 0.651. The standard InChI is InChI=1S/C16H17Cl2N3/c1-2-19-14-4-3-5-15-12(14)9-20-16(21-15)11-8-10(17)6-7-13(11)18/h6-9,14,19H,2-5H2,1H3. The molecule has 21 heavy (non-hydrogen) atoms. The lowest BCUT2D eigenvalue weighted by Crippen LogP contribution is -2.25. The first-order chi connectivity index (χ1) is 10.2. The number of hydrogen-bond donors (Lipinski definition) is 1. The molecule has 3 nitrogen and oxygen atoms in total. The molecular formula is C16H17Cl2N3. The van der Waals surface area contributed by atoms with Crippen LogP contribution in [0.15, 0.2) is 24.4 Å². The van der Waals surface area contributed by atoms with E-state index in [1.54, 1.807) is 12.1 Å². The molecule has 0 radical (unpaired) electrons. The van der Waals surface area contributed by atoms with Gasteiger partial charge in [-0.2, -0.15) is 0 Å². The molecule has 1 heterocycles. The lowest BCUT2D eigenvalue weighted by Gasteiger charge is -2.25. The summed E-state index contributed by atoms with van der Waals surface area (Å²) >= 11 is 12.3. The number of nitrogens with one attached hydrogen (secondary N) is 1. The van der Waals surface area contributed by atoms with Crippen molar-refractivity contribution in [3.8, 4) is 11.4 Å². The first-order valence-electron chi connectivity index (χ1n) is 7.23. The Balaban J connectivity index is 2.01. The van der Waals surface area contributed by atoms with Gasteiger partial charge in [-0.15, -0.1) is 0 Å². The second-order valence-electron chi connectivity index (χ2n) is 5.22. The number of halogens is 2. The van der Waals surface area contributed by atoms with Gasteiger partial charge in [0, 0.05) is 34.1 Å². The van der Waals surface area contributed by atoms with Crippen molar-refractivity contribution < 1.29 is 0 Å². The van der Waals surface area contributed by atoms with E-state index in [0.717, 1.165) is 37.1 Å². The molecule has 0 amide bonds. The van der Waals surface area contributed by atoms with Crippen molar-refractivity contribution >= 4 is 23.2 Å². The Labute approximate surface area is 134 Å². The molecule has 1 aliphatic carbocycles. The minimum atomic E-state index is 0.364. The first kappa shape index (κ1) is 14.8. The molecule has 5 heteroatoms. The van der Waals surface area contributed by atoms with Crippen molar-refractivity contribution in [1.29, 1.82) is 0 Å². The van der Waals surface area contributed by atoms with Crippen LogP contribution in [-0.2, 0) is 6.42 Å². The van der Waals surface area contributed by atoms with Crippen molar-refractivity contribution in [2.75, 3.05) is 6.54 Å². The molecular weight excluding hydrogens is 305 g/mol. The Morgan fingerprint density at radius 1 is 1.33 bits per heavy atom. The largest absolute Gasteiger partial charge is 0.310 e. The minimum Gasteiger partial charge on any atom is -0.310 e. The molecule has 110 valence electrons. The molecule has 0 spiro atoms. The summed E-state index contributed by atoms with van der Waals surface area (Å²) in [6.45, 7) is 3.07. The van der Waals surface area contributed by atoms with E-state index in [1.165, 1.54) is 5.56 Å². The van der Waals surface area contributed by atoms with Crippen molar-refractivity contribution in [3.05, 3.63) is 45.7 Å². The van der Waals surface area contributed by atoms with Crippen LogP contribution in [0.4, 0.5) is 0 Å². The maximum atomic E-state index is 6.24. The zero-order valence-electron chi connectivity index (χ0n) is 11.9. The summed E-state index contributed by atoms with van der Waals surface area (Å²) in [7, 11) is 0. The zero-order valence-corrected chi connectivity index (χ0v) is 13.4. The van der Waals surface area contributed by atoms with Gasteiger partial charge in [-0.3, -0.25) is 0 Å². The van der Waals surface area contributed by atoms with E-state index in [0.29, 0.717) is 21.9 Å². The molecule has 1 atom stereocenters. The highest BCUT2D eigenvalue weighted by Gasteiger charge is 2.22. The maximum absolute atomic E-state index is 6.24. The maximum Gasteiger partial charge on any atom is 0.160 e. The normalized spacial score (nSPS) is 17.6. The van der Waals surface area contributed by atoms with Crippen LogP contribution in [0.1, 0.15) is 37.1 Å². The Morgan fingerprint density at radius 2 is 2.19 bits per heavy atom. The van der Waals surface area contributed by atoms with Crippen molar-refractivity contribution in [3.63, 3.8) is 0 Å².